The summed E-state index contributed by atoms with van der Waals surface area (Å²) in [5.41, 5.74) is 2.32. The molecule has 5 heteroatoms. The monoisotopic (exact) mass is 315 g/mol. The van der Waals surface area contributed by atoms with Crippen LogP contribution in [0.3, 0.4) is 0 Å². The van der Waals surface area contributed by atoms with Crippen LogP contribution in [0, 0.1) is 13.8 Å². The fourth-order valence-corrected chi connectivity index (χ4v) is 2.33. The average molecular weight is 315 g/mol. The van der Waals surface area contributed by atoms with Crippen LogP contribution >= 0.6 is 0 Å². The molecule has 0 amide bonds. The highest BCUT2D eigenvalue weighted by molar-refractivity contribution is 5.79. The van der Waals surface area contributed by atoms with Crippen LogP contribution in [0.1, 0.15) is 16.9 Å². The fraction of sp³-hybridized carbons (Fsp3) is 0.389. The lowest BCUT2D eigenvalue weighted by Gasteiger charge is -2.14. The normalized spacial score (nSPS) is 11.3. The summed E-state index contributed by atoms with van der Waals surface area (Å²) in [5.74, 6) is 2.70. The first kappa shape index (κ1) is 16.9. The van der Waals surface area contributed by atoms with Crippen molar-refractivity contribution in [3.63, 3.8) is 0 Å². The Morgan fingerprint density at radius 1 is 1.09 bits per heavy atom. The number of hydrogen-bond donors (Lipinski definition) is 2. The number of nitrogens with zero attached hydrogens (tertiary/aromatic N) is 1. The number of benzene rings is 1. The maximum Gasteiger partial charge on any atom is 0.191 e. The second kappa shape index (κ2) is 8.88. The summed E-state index contributed by atoms with van der Waals surface area (Å²) in [7, 11) is 1.76. The molecule has 0 aliphatic heterocycles. The molecule has 2 rings (SSSR count). The second-order valence-corrected chi connectivity index (χ2v) is 5.32. The van der Waals surface area contributed by atoms with Crippen LogP contribution in [0.5, 0.6) is 5.75 Å². The molecule has 0 saturated heterocycles. The summed E-state index contributed by atoms with van der Waals surface area (Å²) in [4.78, 5) is 4.19. The molecule has 124 valence electrons. The topological polar surface area (TPSA) is 58.8 Å². The molecule has 0 spiro atoms. The zero-order valence-electron chi connectivity index (χ0n) is 14.1. The molecule has 1 heterocycles. The van der Waals surface area contributed by atoms with E-state index in [-0.39, 0.29) is 0 Å². The van der Waals surface area contributed by atoms with Gasteiger partial charge in [0.15, 0.2) is 5.96 Å². The van der Waals surface area contributed by atoms with E-state index in [9.17, 15) is 0 Å². The van der Waals surface area contributed by atoms with Gasteiger partial charge in [-0.2, -0.15) is 0 Å². The molecule has 2 N–H and O–H groups in total. The third kappa shape index (κ3) is 5.36. The summed E-state index contributed by atoms with van der Waals surface area (Å²) >= 11 is 0. The minimum Gasteiger partial charge on any atom is -0.491 e. The Kier molecular flexibility index (Phi) is 6.54. The SMILES string of the molecule is CN=C(NCCOc1c(C)cccc1C)NCCc1ccco1. The van der Waals surface area contributed by atoms with Crippen molar-refractivity contribution in [3.8, 4) is 5.75 Å². The molecular weight excluding hydrogens is 290 g/mol. The second-order valence-electron chi connectivity index (χ2n) is 5.32. The lowest BCUT2D eigenvalue weighted by atomic mass is 10.1. The van der Waals surface area contributed by atoms with E-state index in [1.807, 2.05) is 18.2 Å². The fourth-order valence-electron chi connectivity index (χ4n) is 2.33. The Balaban J connectivity index is 1.67. The lowest BCUT2D eigenvalue weighted by Crippen LogP contribution is -2.40. The van der Waals surface area contributed by atoms with Gasteiger partial charge in [-0.25, -0.2) is 0 Å². The third-order valence-electron chi connectivity index (χ3n) is 3.52. The van der Waals surface area contributed by atoms with Crippen molar-refractivity contribution in [2.75, 3.05) is 26.7 Å². The van der Waals surface area contributed by atoms with E-state index in [0.29, 0.717) is 13.2 Å². The quantitative estimate of drug-likeness (QED) is 0.468. The van der Waals surface area contributed by atoms with Gasteiger partial charge < -0.3 is 19.8 Å². The molecule has 2 aromatic rings. The van der Waals surface area contributed by atoms with Crippen molar-refractivity contribution in [1.29, 1.82) is 0 Å². The van der Waals surface area contributed by atoms with Crippen LogP contribution in [-0.2, 0) is 6.42 Å². The number of furan rings is 1. The molecule has 1 aromatic heterocycles. The summed E-state index contributed by atoms with van der Waals surface area (Å²) in [6.45, 7) is 6.17. The number of para-hydroxylation sites is 1. The zero-order valence-corrected chi connectivity index (χ0v) is 14.1. The first-order valence-corrected chi connectivity index (χ1v) is 7.86. The number of guanidine groups is 1. The van der Waals surface area contributed by atoms with E-state index in [1.165, 1.54) is 0 Å². The van der Waals surface area contributed by atoms with E-state index in [4.69, 9.17) is 9.15 Å². The van der Waals surface area contributed by atoms with E-state index >= 15 is 0 Å². The van der Waals surface area contributed by atoms with Gasteiger partial charge in [0.05, 0.1) is 12.8 Å². The first-order valence-electron chi connectivity index (χ1n) is 7.86. The smallest absolute Gasteiger partial charge is 0.191 e. The Morgan fingerprint density at radius 2 is 1.83 bits per heavy atom. The van der Waals surface area contributed by atoms with E-state index < -0.39 is 0 Å². The van der Waals surface area contributed by atoms with E-state index in [0.717, 1.165) is 41.6 Å². The van der Waals surface area contributed by atoms with Crippen molar-refractivity contribution in [1.82, 2.24) is 10.6 Å². The number of aryl methyl sites for hydroxylation is 2. The first-order chi connectivity index (χ1) is 11.2. The van der Waals surface area contributed by atoms with Gasteiger partial charge in [0, 0.05) is 20.0 Å². The molecule has 0 atom stereocenters. The summed E-state index contributed by atoms with van der Waals surface area (Å²) in [6.07, 6.45) is 2.51. The van der Waals surface area contributed by atoms with Gasteiger partial charge in [0.2, 0.25) is 0 Å². The molecule has 0 unspecified atom stereocenters. The summed E-state index contributed by atoms with van der Waals surface area (Å²) in [5, 5.41) is 6.49. The predicted molar refractivity (Wildman–Crippen MR) is 93.2 cm³/mol. The van der Waals surface area contributed by atoms with Crippen LogP contribution < -0.4 is 15.4 Å². The molecular formula is C18H25N3O2. The minimum absolute atomic E-state index is 0.588. The predicted octanol–water partition coefficient (Wildman–Crippen LogP) is 2.68. The molecule has 0 aliphatic rings. The summed E-state index contributed by atoms with van der Waals surface area (Å²) < 4.78 is 11.2. The molecule has 0 aliphatic carbocycles. The number of ether oxygens (including phenoxy) is 1. The Hall–Kier alpha value is -2.43. The van der Waals surface area contributed by atoms with Gasteiger partial charge >= 0.3 is 0 Å². The number of hydrogen-bond acceptors (Lipinski definition) is 3. The van der Waals surface area contributed by atoms with Crippen LogP contribution in [0.25, 0.3) is 0 Å². The Bertz CT molecular complexity index is 601. The molecule has 0 radical (unpaired) electrons. The molecule has 23 heavy (non-hydrogen) atoms. The van der Waals surface area contributed by atoms with Gasteiger partial charge in [0.1, 0.15) is 18.1 Å². The van der Waals surface area contributed by atoms with Gasteiger partial charge in [0.25, 0.3) is 0 Å². The van der Waals surface area contributed by atoms with Crippen LogP contribution in [0.2, 0.25) is 0 Å². The van der Waals surface area contributed by atoms with Crippen molar-refractivity contribution < 1.29 is 9.15 Å². The molecule has 5 nitrogen and oxygen atoms in total. The van der Waals surface area contributed by atoms with Crippen LogP contribution in [0.4, 0.5) is 0 Å². The van der Waals surface area contributed by atoms with E-state index in [1.54, 1.807) is 13.3 Å². The van der Waals surface area contributed by atoms with Crippen molar-refractivity contribution >= 4 is 5.96 Å². The largest absolute Gasteiger partial charge is 0.491 e. The Morgan fingerprint density at radius 3 is 2.48 bits per heavy atom. The van der Waals surface area contributed by atoms with Crippen LogP contribution in [-0.4, -0.2) is 32.7 Å². The Labute approximate surface area is 137 Å². The standard InChI is InChI=1S/C18H25N3O2/c1-14-6-4-7-15(2)17(14)23-13-11-21-18(19-3)20-10-9-16-8-5-12-22-16/h4-8,12H,9-11,13H2,1-3H3,(H2,19,20,21). The highest BCUT2D eigenvalue weighted by atomic mass is 16.5. The molecule has 0 bridgehead atoms. The zero-order chi connectivity index (χ0) is 16.5. The molecule has 0 fully saturated rings. The van der Waals surface area contributed by atoms with Gasteiger partial charge in [-0.1, -0.05) is 18.2 Å². The number of rotatable bonds is 7. The van der Waals surface area contributed by atoms with Crippen LogP contribution in [0.15, 0.2) is 46.0 Å². The molecule has 0 saturated carbocycles. The summed E-state index contributed by atoms with van der Waals surface area (Å²) in [6, 6.07) is 10.0. The lowest BCUT2D eigenvalue weighted by molar-refractivity contribution is 0.317. The number of aliphatic imine (C=N–C) groups is 1. The van der Waals surface area contributed by atoms with Crippen molar-refractivity contribution in [3.05, 3.63) is 53.5 Å². The third-order valence-corrected chi connectivity index (χ3v) is 3.52. The van der Waals surface area contributed by atoms with E-state index in [2.05, 4.69) is 41.6 Å². The van der Waals surface area contributed by atoms with Crippen molar-refractivity contribution in [2.24, 2.45) is 4.99 Å². The maximum absolute atomic E-state index is 5.87. The minimum atomic E-state index is 0.588. The number of nitrogens with one attached hydrogen (secondary N) is 2. The highest BCUT2D eigenvalue weighted by Crippen LogP contribution is 2.21. The van der Waals surface area contributed by atoms with Gasteiger partial charge in [-0.05, 0) is 37.1 Å². The van der Waals surface area contributed by atoms with Gasteiger partial charge in [-0.15, -0.1) is 0 Å². The van der Waals surface area contributed by atoms with Gasteiger partial charge in [-0.3, -0.25) is 4.99 Å². The van der Waals surface area contributed by atoms with Crippen molar-refractivity contribution in [2.45, 2.75) is 20.3 Å². The average Bonchev–Trinajstić information content (AvgIpc) is 3.05. The maximum atomic E-state index is 5.87. The molecule has 1 aromatic carbocycles. The highest BCUT2D eigenvalue weighted by Gasteiger charge is 2.03.